The molecule has 0 spiro atoms. The first-order chi connectivity index (χ1) is 26.2. The molecule has 2 fully saturated rings. The van der Waals surface area contributed by atoms with Crippen molar-refractivity contribution in [1.29, 1.82) is 0 Å². The maximum Gasteiger partial charge on any atom is 0.391 e. The van der Waals surface area contributed by atoms with Gasteiger partial charge in [0.25, 0.3) is 6.47 Å². The molecule has 334 valence electrons. The van der Waals surface area contributed by atoms with Crippen LogP contribution in [-0.2, 0) is 49.4 Å². The lowest BCUT2D eigenvalue weighted by atomic mass is 9.85. The predicted octanol–water partition coefficient (Wildman–Crippen LogP) is 4.98. The lowest BCUT2D eigenvalue weighted by Crippen LogP contribution is -2.67. The molecule has 0 radical (unpaired) electrons. The third-order valence-corrected chi connectivity index (χ3v) is 8.79. The molecule has 14 nitrogen and oxygen atoms in total. The average Bonchev–Trinajstić information content (AvgIpc) is 3.13. The monoisotopic (exact) mass is 830 g/mol. The van der Waals surface area contributed by atoms with Gasteiger partial charge in [0.2, 0.25) is 0 Å². The van der Waals surface area contributed by atoms with Crippen molar-refractivity contribution in [3.63, 3.8) is 0 Å². The van der Waals surface area contributed by atoms with Gasteiger partial charge < -0.3 is 58.7 Å². The van der Waals surface area contributed by atoms with Crippen LogP contribution in [0.25, 0.3) is 0 Å². The van der Waals surface area contributed by atoms with Crippen molar-refractivity contribution in [3.8, 4) is 0 Å². The molecule has 0 aromatic heterocycles. The molecule has 17 heteroatoms. The number of hydrogen-bond acceptors (Lipinski definition) is 13. The number of carbonyl (C=O) groups excluding carboxylic acids is 1. The second-order valence-corrected chi connectivity index (χ2v) is 15.8. The summed E-state index contributed by atoms with van der Waals surface area (Å²) in [6.45, 7) is 21.5. The van der Waals surface area contributed by atoms with E-state index in [-0.39, 0.29) is 19.7 Å². The number of ether oxygens (including phenoxy) is 7. The summed E-state index contributed by atoms with van der Waals surface area (Å²) in [4.78, 5) is 21.8. The van der Waals surface area contributed by atoms with Crippen LogP contribution in [0.4, 0.5) is 13.2 Å². The zero-order chi connectivity index (χ0) is 44.7. The lowest BCUT2D eigenvalue weighted by Gasteiger charge is -2.50. The number of carbonyl (C=O) groups is 2. The number of carboxylic acid groups (broad SMARTS) is 1. The fourth-order valence-electron chi connectivity index (χ4n) is 6.00. The van der Waals surface area contributed by atoms with Crippen molar-refractivity contribution in [2.75, 3.05) is 13.7 Å². The largest absolute Gasteiger partial charge is 0.483 e. The molecule has 57 heavy (non-hydrogen) atoms. The smallest absolute Gasteiger partial charge is 0.391 e. The van der Waals surface area contributed by atoms with Crippen molar-refractivity contribution >= 4 is 12.4 Å². The second kappa shape index (κ2) is 23.4. The standard InChI is InChI=1S/C35H55F3O12.2C2H6.CH2O2/c1-31(2,3)49-25-20(16-35(36,37)38)47-29(23(41)21(25)39)34(8,9)46-18-32(4,5)50-26-22(40)24(42)28(33(6,7)44-10)48-27(26)30(43)45-17-19-14-12-11-13-15-19;2*1-2;2-1-3/h11-15,20-29,39-42H,16-18H2,1-10H3;2*1-2H3;1H,(H,2,3)/t20?,21?,22?,23?,24?,25-,26+,27?,28?,29?;;;/m1.../s1. The average molecular weight is 831 g/mol. The van der Waals surface area contributed by atoms with E-state index in [4.69, 9.17) is 43.1 Å². The molecular weight excluding hydrogens is 761 g/mol. The summed E-state index contributed by atoms with van der Waals surface area (Å²) in [6, 6.07) is 8.88. The van der Waals surface area contributed by atoms with E-state index in [1.54, 1.807) is 72.7 Å². The molecule has 2 saturated heterocycles. The quantitative estimate of drug-likeness (QED) is 0.132. The van der Waals surface area contributed by atoms with E-state index in [1.807, 2.05) is 33.8 Å². The summed E-state index contributed by atoms with van der Waals surface area (Å²) in [5.41, 5.74) is -4.26. The van der Waals surface area contributed by atoms with E-state index in [0.29, 0.717) is 5.56 Å². The number of aliphatic hydroxyl groups excluding tert-OH is 4. The lowest BCUT2D eigenvalue weighted by molar-refractivity contribution is -0.311. The van der Waals surface area contributed by atoms with Crippen molar-refractivity contribution in [2.45, 2.75) is 193 Å². The first-order valence-corrected chi connectivity index (χ1v) is 19.1. The summed E-state index contributed by atoms with van der Waals surface area (Å²) < 4.78 is 81.6. The Kier molecular flexibility index (Phi) is 22.4. The van der Waals surface area contributed by atoms with Gasteiger partial charge in [0.1, 0.15) is 55.4 Å². The van der Waals surface area contributed by atoms with E-state index in [9.17, 15) is 38.4 Å². The first kappa shape index (κ1) is 54.6. The van der Waals surface area contributed by atoms with Gasteiger partial charge in [-0.2, -0.15) is 13.2 Å². The fraction of sp³-hybridized carbons (Fsp3) is 0.800. The van der Waals surface area contributed by atoms with Crippen LogP contribution < -0.4 is 0 Å². The maximum absolute atomic E-state index is 13.6. The molecule has 0 bridgehead atoms. The van der Waals surface area contributed by atoms with Crippen LogP contribution in [0.5, 0.6) is 0 Å². The van der Waals surface area contributed by atoms with Gasteiger partial charge in [-0.25, -0.2) is 4.79 Å². The third kappa shape index (κ3) is 17.0. The van der Waals surface area contributed by atoms with Crippen molar-refractivity contribution in [1.82, 2.24) is 0 Å². The number of rotatable bonds is 13. The number of aliphatic hydroxyl groups is 4. The number of benzene rings is 1. The molecule has 8 unspecified atom stereocenters. The highest BCUT2D eigenvalue weighted by molar-refractivity contribution is 5.76. The second-order valence-electron chi connectivity index (χ2n) is 15.8. The molecule has 10 atom stereocenters. The van der Waals surface area contributed by atoms with Gasteiger partial charge in [0, 0.05) is 7.11 Å². The molecule has 0 aliphatic carbocycles. The summed E-state index contributed by atoms with van der Waals surface area (Å²) in [5, 5.41) is 51.3. The van der Waals surface area contributed by atoms with E-state index >= 15 is 0 Å². The minimum absolute atomic E-state index is 0.101. The van der Waals surface area contributed by atoms with Crippen LogP contribution in [0.3, 0.4) is 0 Å². The zero-order valence-electron chi connectivity index (χ0n) is 35.9. The molecule has 5 N–H and O–H groups in total. The van der Waals surface area contributed by atoms with Crippen molar-refractivity contribution < 1.29 is 81.5 Å². The van der Waals surface area contributed by atoms with Crippen LogP contribution in [0.2, 0.25) is 0 Å². The normalized spacial score (nSPS) is 28.3. The minimum atomic E-state index is -4.67. The van der Waals surface area contributed by atoms with Gasteiger partial charge in [-0.15, -0.1) is 0 Å². The highest BCUT2D eigenvalue weighted by atomic mass is 19.4. The number of alkyl halides is 3. The highest BCUT2D eigenvalue weighted by Crippen LogP contribution is 2.39. The van der Waals surface area contributed by atoms with Crippen LogP contribution >= 0.6 is 0 Å². The Morgan fingerprint density at radius 2 is 1.23 bits per heavy atom. The third-order valence-electron chi connectivity index (χ3n) is 8.79. The Morgan fingerprint density at radius 1 is 0.754 bits per heavy atom. The zero-order valence-corrected chi connectivity index (χ0v) is 35.9. The summed E-state index contributed by atoms with van der Waals surface area (Å²) >= 11 is 0. The van der Waals surface area contributed by atoms with Crippen LogP contribution in [0.15, 0.2) is 30.3 Å². The van der Waals surface area contributed by atoms with Gasteiger partial charge in [0.05, 0.1) is 41.5 Å². The molecule has 2 heterocycles. The number of halogens is 3. The van der Waals surface area contributed by atoms with Crippen molar-refractivity contribution in [3.05, 3.63) is 35.9 Å². The Labute approximate surface area is 335 Å². The van der Waals surface area contributed by atoms with E-state index in [1.165, 1.54) is 21.0 Å². The van der Waals surface area contributed by atoms with E-state index in [0.717, 1.165) is 0 Å². The van der Waals surface area contributed by atoms with E-state index in [2.05, 4.69) is 0 Å². The minimum Gasteiger partial charge on any atom is -0.483 e. The summed E-state index contributed by atoms with van der Waals surface area (Å²) in [6.07, 6.45) is -21.5. The molecule has 1 aromatic carbocycles. The Balaban J connectivity index is 0.00000420. The molecule has 1 aromatic rings. The molecule has 3 rings (SSSR count). The molecular formula is C40H69F3O14. The molecule has 2 aliphatic heterocycles. The predicted molar refractivity (Wildman–Crippen MR) is 204 cm³/mol. The first-order valence-electron chi connectivity index (χ1n) is 19.1. The maximum atomic E-state index is 13.6. The fourth-order valence-corrected chi connectivity index (χ4v) is 6.00. The van der Waals surface area contributed by atoms with Crippen LogP contribution in [0.1, 0.15) is 102 Å². The Hall–Kier alpha value is -2.45. The summed E-state index contributed by atoms with van der Waals surface area (Å²) in [7, 11) is 1.39. The Morgan fingerprint density at radius 3 is 1.68 bits per heavy atom. The van der Waals surface area contributed by atoms with Crippen LogP contribution in [0, 0.1) is 0 Å². The van der Waals surface area contributed by atoms with Crippen molar-refractivity contribution in [2.24, 2.45) is 0 Å². The highest BCUT2D eigenvalue weighted by Gasteiger charge is 2.56. The summed E-state index contributed by atoms with van der Waals surface area (Å²) in [5.74, 6) is -0.866. The number of hydrogen-bond donors (Lipinski definition) is 5. The SMILES string of the molecule is CC.CC.COC(C)(C)C1OC(C(=O)OCc2ccccc2)[C@@H](OC(C)(C)COC(C)(C)C2OC(CC(F)(F)F)[C@@H](OC(C)(C)C)C(O)C2O)C(O)C1O.O=CO. The van der Waals surface area contributed by atoms with Crippen LogP contribution in [-0.4, -0.2) is 141 Å². The van der Waals surface area contributed by atoms with E-state index < -0.39 is 102 Å². The van der Waals surface area contributed by atoms with Gasteiger partial charge in [0.15, 0.2) is 6.10 Å². The van der Waals surface area contributed by atoms with Gasteiger partial charge in [-0.3, -0.25) is 4.79 Å². The molecule has 0 saturated carbocycles. The van der Waals surface area contributed by atoms with Gasteiger partial charge in [-0.1, -0.05) is 58.0 Å². The van der Waals surface area contributed by atoms with Gasteiger partial charge >= 0.3 is 12.1 Å². The number of methoxy groups -OCH3 is 1. The molecule has 2 aliphatic rings. The molecule has 0 amide bonds. The number of esters is 1. The van der Waals surface area contributed by atoms with Gasteiger partial charge in [-0.05, 0) is 67.9 Å². The topological polar surface area (TPSA) is 200 Å². The Bertz CT molecular complexity index is 1290.